The molecule has 0 bridgehead atoms. The van der Waals surface area contributed by atoms with Crippen molar-refractivity contribution < 1.29 is 14.7 Å². The number of nitrogens with zero attached hydrogens (tertiary/aromatic N) is 2. The van der Waals surface area contributed by atoms with Gasteiger partial charge in [-0.1, -0.05) is 78.9 Å². The van der Waals surface area contributed by atoms with Gasteiger partial charge in [-0.05, 0) is 63.4 Å². The zero-order valence-electron chi connectivity index (χ0n) is 21.0. The van der Waals surface area contributed by atoms with Crippen LogP contribution < -0.4 is 5.32 Å². The number of rotatable bonds is 7. The summed E-state index contributed by atoms with van der Waals surface area (Å²) in [7, 11) is 0. The molecule has 190 valence electrons. The van der Waals surface area contributed by atoms with E-state index in [1.165, 1.54) is 17.5 Å². The first kappa shape index (κ1) is 24.1. The minimum absolute atomic E-state index is 0.208. The number of hydrogen-bond donors (Lipinski definition) is 2. The summed E-state index contributed by atoms with van der Waals surface area (Å²) in [5.74, 6) is -1.20. The molecule has 6 nitrogen and oxygen atoms in total. The van der Waals surface area contributed by atoms with Crippen molar-refractivity contribution in [3.8, 4) is 11.1 Å². The summed E-state index contributed by atoms with van der Waals surface area (Å²) in [5, 5.41) is 20.1. The lowest BCUT2D eigenvalue weighted by atomic mass is 9.99. The van der Waals surface area contributed by atoms with Gasteiger partial charge in [0.25, 0.3) is 5.91 Å². The van der Waals surface area contributed by atoms with Crippen molar-refractivity contribution in [2.75, 3.05) is 0 Å². The predicted molar refractivity (Wildman–Crippen MR) is 153 cm³/mol. The molecule has 6 aromatic rings. The van der Waals surface area contributed by atoms with Crippen molar-refractivity contribution in [1.82, 2.24) is 15.1 Å². The van der Waals surface area contributed by atoms with E-state index < -0.39 is 5.97 Å². The van der Waals surface area contributed by atoms with E-state index in [1.54, 1.807) is 12.1 Å². The Labute approximate surface area is 225 Å². The van der Waals surface area contributed by atoms with E-state index in [0.29, 0.717) is 12.1 Å². The maximum atomic E-state index is 13.6. The maximum Gasteiger partial charge on any atom is 0.335 e. The highest BCUT2D eigenvalue weighted by Gasteiger charge is 2.18. The fourth-order valence-electron chi connectivity index (χ4n) is 4.88. The minimum atomic E-state index is -0.981. The summed E-state index contributed by atoms with van der Waals surface area (Å²) in [6.45, 7) is 0.796. The number of amides is 1. The molecule has 1 aromatic heterocycles. The van der Waals surface area contributed by atoms with Crippen molar-refractivity contribution in [3.05, 3.63) is 138 Å². The molecule has 39 heavy (non-hydrogen) atoms. The summed E-state index contributed by atoms with van der Waals surface area (Å²) < 4.78 is 1.88. The number of hydrogen-bond acceptors (Lipinski definition) is 3. The third-order valence-corrected chi connectivity index (χ3v) is 6.89. The van der Waals surface area contributed by atoms with Crippen LogP contribution in [0.3, 0.4) is 0 Å². The van der Waals surface area contributed by atoms with Gasteiger partial charge < -0.3 is 10.4 Å². The Morgan fingerprint density at radius 1 is 0.718 bits per heavy atom. The number of carbonyl (C=O) groups excluding carboxylic acids is 1. The van der Waals surface area contributed by atoms with Crippen LogP contribution in [0.4, 0.5) is 0 Å². The first-order valence-electron chi connectivity index (χ1n) is 12.7. The standard InChI is InChI=1S/C33H25N3O3/c37-32(34-19-22-10-14-26(15-11-22)33(38)39)30-18-28(24-6-2-1-3-7-24)17-29-20-35-36(31(29)30)21-23-12-13-25-8-4-5-9-27(25)16-23/h1-18,20H,19,21H2,(H,34,37)(H,38,39). The molecule has 5 aromatic carbocycles. The van der Waals surface area contributed by atoms with Crippen molar-refractivity contribution in [2.24, 2.45) is 0 Å². The van der Waals surface area contributed by atoms with Crippen molar-refractivity contribution in [2.45, 2.75) is 13.1 Å². The Kier molecular flexibility index (Phi) is 6.35. The summed E-state index contributed by atoms with van der Waals surface area (Å²) in [4.78, 5) is 24.8. The molecular formula is C33H25N3O3. The van der Waals surface area contributed by atoms with Gasteiger partial charge in [0, 0.05) is 11.9 Å². The number of aromatic nitrogens is 2. The molecule has 0 spiro atoms. The van der Waals surface area contributed by atoms with Gasteiger partial charge in [0.2, 0.25) is 0 Å². The lowest BCUT2D eigenvalue weighted by Gasteiger charge is -2.12. The van der Waals surface area contributed by atoms with Crippen LogP contribution in [0.15, 0.2) is 115 Å². The van der Waals surface area contributed by atoms with Gasteiger partial charge in [0.1, 0.15) is 0 Å². The molecular weight excluding hydrogens is 486 g/mol. The summed E-state index contributed by atoms with van der Waals surface area (Å²) in [6.07, 6.45) is 1.81. The zero-order chi connectivity index (χ0) is 26.8. The number of benzene rings is 5. The number of carboxylic acid groups (broad SMARTS) is 1. The summed E-state index contributed by atoms with van der Waals surface area (Å²) in [6, 6.07) is 35.0. The molecule has 0 saturated heterocycles. The number of fused-ring (bicyclic) bond motifs is 2. The predicted octanol–water partition coefficient (Wildman–Crippen LogP) is 6.53. The van der Waals surface area contributed by atoms with Crippen LogP contribution in [0.5, 0.6) is 0 Å². The van der Waals surface area contributed by atoms with Gasteiger partial charge in [-0.3, -0.25) is 9.48 Å². The van der Waals surface area contributed by atoms with Crippen LogP contribution in [-0.4, -0.2) is 26.8 Å². The fourth-order valence-corrected chi connectivity index (χ4v) is 4.88. The minimum Gasteiger partial charge on any atom is -0.478 e. The van der Waals surface area contributed by atoms with E-state index in [0.717, 1.165) is 38.5 Å². The van der Waals surface area contributed by atoms with Crippen LogP contribution in [0.1, 0.15) is 31.8 Å². The molecule has 6 heteroatoms. The quantitative estimate of drug-likeness (QED) is 0.255. The Bertz CT molecular complexity index is 1820. The van der Waals surface area contributed by atoms with Crippen LogP contribution in [0.25, 0.3) is 32.8 Å². The number of nitrogens with one attached hydrogen (secondary N) is 1. The van der Waals surface area contributed by atoms with Crippen LogP contribution in [0, 0.1) is 0 Å². The molecule has 2 N–H and O–H groups in total. The fraction of sp³-hybridized carbons (Fsp3) is 0.0606. The van der Waals surface area contributed by atoms with E-state index in [2.05, 4.69) is 46.8 Å². The second kappa shape index (κ2) is 10.3. The molecule has 1 amide bonds. The molecule has 6 rings (SSSR count). The summed E-state index contributed by atoms with van der Waals surface area (Å²) in [5.41, 5.74) is 5.36. The highest BCUT2D eigenvalue weighted by Crippen LogP contribution is 2.29. The van der Waals surface area contributed by atoms with Crippen LogP contribution in [-0.2, 0) is 13.1 Å². The van der Waals surface area contributed by atoms with Gasteiger partial charge >= 0.3 is 5.97 Å². The molecule has 0 aliphatic heterocycles. The third kappa shape index (κ3) is 5.00. The molecule has 0 fully saturated rings. The molecule has 0 aliphatic rings. The molecule has 0 unspecified atom stereocenters. The monoisotopic (exact) mass is 511 g/mol. The van der Waals surface area contributed by atoms with E-state index in [-0.39, 0.29) is 18.0 Å². The Morgan fingerprint density at radius 3 is 2.21 bits per heavy atom. The van der Waals surface area contributed by atoms with Gasteiger partial charge in [0.05, 0.1) is 29.4 Å². The maximum absolute atomic E-state index is 13.6. The molecule has 0 saturated carbocycles. The first-order valence-corrected chi connectivity index (χ1v) is 12.7. The second-order valence-electron chi connectivity index (χ2n) is 9.50. The third-order valence-electron chi connectivity index (χ3n) is 6.89. The van der Waals surface area contributed by atoms with E-state index >= 15 is 0 Å². The molecule has 0 radical (unpaired) electrons. The smallest absolute Gasteiger partial charge is 0.335 e. The molecule has 0 atom stereocenters. The average molecular weight is 512 g/mol. The van der Waals surface area contributed by atoms with Gasteiger partial charge in [-0.25, -0.2) is 4.79 Å². The first-order chi connectivity index (χ1) is 19.0. The van der Waals surface area contributed by atoms with E-state index in [9.17, 15) is 9.59 Å². The Balaban J connectivity index is 1.36. The molecule has 1 heterocycles. The topological polar surface area (TPSA) is 84.2 Å². The normalized spacial score (nSPS) is 11.1. The van der Waals surface area contributed by atoms with Crippen molar-refractivity contribution in [1.29, 1.82) is 0 Å². The second-order valence-corrected chi connectivity index (χ2v) is 9.50. The van der Waals surface area contributed by atoms with Gasteiger partial charge in [-0.15, -0.1) is 0 Å². The van der Waals surface area contributed by atoms with Gasteiger partial charge in [0.15, 0.2) is 0 Å². The Hall–Kier alpha value is -5.23. The summed E-state index contributed by atoms with van der Waals surface area (Å²) >= 11 is 0. The zero-order valence-corrected chi connectivity index (χ0v) is 21.0. The van der Waals surface area contributed by atoms with Crippen molar-refractivity contribution in [3.63, 3.8) is 0 Å². The SMILES string of the molecule is O=C(O)c1ccc(CNC(=O)c2cc(-c3ccccc3)cc3cnn(Cc4ccc5ccccc5c4)c23)cc1. The van der Waals surface area contributed by atoms with Crippen molar-refractivity contribution >= 4 is 33.6 Å². The lowest BCUT2D eigenvalue weighted by Crippen LogP contribution is -2.24. The number of carboxylic acids is 1. The van der Waals surface area contributed by atoms with Crippen LogP contribution in [0.2, 0.25) is 0 Å². The molecule has 0 aliphatic carbocycles. The van der Waals surface area contributed by atoms with Gasteiger partial charge in [-0.2, -0.15) is 5.10 Å². The highest BCUT2D eigenvalue weighted by atomic mass is 16.4. The average Bonchev–Trinajstić information content (AvgIpc) is 3.38. The van der Waals surface area contributed by atoms with E-state index in [4.69, 9.17) is 5.11 Å². The highest BCUT2D eigenvalue weighted by molar-refractivity contribution is 6.07. The number of carbonyl (C=O) groups is 2. The van der Waals surface area contributed by atoms with E-state index in [1.807, 2.05) is 59.4 Å². The lowest BCUT2D eigenvalue weighted by molar-refractivity contribution is 0.0696. The largest absolute Gasteiger partial charge is 0.478 e. The number of aromatic carboxylic acids is 1. The van der Waals surface area contributed by atoms with Crippen LogP contribution >= 0.6 is 0 Å². The Morgan fingerprint density at radius 2 is 1.44 bits per heavy atom.